The van der Waals surface area contributed by atoms with Crippen molar-refractivity contribution in [3.8, 4) is 0 Å². The monoisotopic (exact) mass is 264 g/mol. The maximum absolute atomic E-state index is 12.0. The number of benzene rings is 1. The van der Waals surface area contributed by atoms with Crippen LogP contribution in [0.2, 0.25) is 0 Å². The number of amidine groups is 1. The lowest BCUT2D eigenvalue weighted by Crippen LogP contribution is -2.35. The van der Waals surface area contributed by atoms with Crippen molar-refractivity contribution in [1.82, 2.24) is 5.32 Å². The van der Waals surface area contributed by atoms with Gasteiger partial charge in [0.25, 0.3) is 0 Å². The lowest BCUT2D eigenvalue weighted by molar-refractivity contribution is -0.119. The molecule has 0 aliphatic carbocycles. The van der Waals surface area contributed by atoms with Gasteiger partial charge in [0.2, 0.25) is 5.91 Å². The van der Waals surface area contributed by atoms with Gasteiger partial charge in [0.05, 0.1) is 11.8 Å². The number of thioether (sulfide) groups is 2. The molecule has 2 aliphatic heterocycles. The van der Waals surface area contributed by atoms with Gasteiger partial charge in [0.1, 0.15) is 0 Å². The molecule has 1 N–H and O–H groups in total. The highest BCUT2D eigenvalue weighted by atomic mass is 32.2. The molecular formula is C12H12N2OS2. The van der Waals surface area contributed by atoms with E-state index >= 15 is 0 Å². The van der Waals surface area contributed by atoms with Gasteiger partial charge in [-0.2, -0.15) is 0 Å². The molecule has 2 heterocycles. The van der Waals surface area contributed by atoms with Crippen LogP contribution < -0.4 is 5.32 Å². The van der Waals surface area contributed by atoms with Crippen LogP contribution in [0.15, 0.2) is 34.2 Å². The summed E-state index contributed by atoms with van der Waals surface area (Å²) >= 11 is 3.27. The van der Waals surface area contributed by atoms with E-state index in [0.29, 0.717) is 0 Å². The molecule has 1 aromatic carbocycles. The number of hydrogen-bond acceptors (Lipinski definition) is 4. The van der Waals surface area contributed by atoms with Crippen LogP contribution in [-0.4, -0.2) is 28.6 Å². The molecule has 3 nitrogen and oxygen atoms in total. The highest BCUT2D eigenvalue weighted by molar-refractivity contribution is 8.14. The number of nitrogens with zero attached hydrogens (tertiary/aromatic N) is 1. The second kappa shape index (κ2) is 4.74. The zero-order valence-electron chi connectivity index (χ0n) is 9.18. The van der Waals surface area contributed by atoms with Crippen molar-refractivity contribution < 1.29 is 4.79 Å². The molecule has 0 spiro atoms. The minimum absolute atomic E-state index is 0.00343. The van der Waals surface area contributed by atoms with Gasteiger partial charge < -0.3 is 5.32 Å². The van der Waals surface area contributed by atoms with E-state index in [1.165, 1.54) is 10.5 Å². The average molecular weight is 264 g/mol. The van der Waals surface area contributed by atoms with E-state index in [1.807, 2.05) is 12.1 Å². The summed E-state index contributed by atoms with van der Waals surface area (Å²) in [5, 5.41) is 3.69. The van der Waals surface area contributed by atoms with Crippen molar-refractivity contribution >= 4 is 34.6 Å². The zero-order valence-corrected chi connectivity index (χ0v) is 10.8. The van der Waals surface area contributed by atoms with Gasteiger partial charge in [-0.3, -0.25) is 9.79 Å². The van der Waals surface area contributed by atoms with E-state index in [0.717, 1.165) is 23.9 Å². The third kappa shape index (κ3) is 2.35. The molecule has 88 valence electrons. The molecule has 2 aliphatic rings. The van der Waals surface area contributed by atoms with Crippen molar-refractivity contribution in [2.45, 2.75) is 16.6 Å². The predicted molar refractivity (Wildman–Crippen MR) is 72.7 cm³/mol. The van der Waals surface area contributed by atoms with Gasteiger partial charge in [-0.15, -0.1) is 11.8 Å². The second-order valence-electron chi connectivity index (χ2n) is 3.94. The Labute approximate surface area is 108 Å². The summed E-state index contributed by atoms with van der Waals surface area (Å²) in [4.78, 5) is 17.5. The molecular weight excluding hydrogens is 252 g/mol. The maximum Gasteiger partial charge on any atom is 0.239 e. The fraction of sp³-hybridized carbons (Fsp3) is 0.333. The molecule has 1 atom stereocenters. The van der Waals surface area contributed by atoms with Gasteiger partial charge >= 0.3 is 0 Å². The minimum atomic E-state index is -0.00343. The van der Waals surface area contributed by atoms with Crippen LogP contribution in [-0.2, 0) is 11.2 Å². The number of rotatable bonds is 1. The number of amides is 1. The maximum atomic E-state index is 12.0. The fourth-order valence-electron chi connectivity index (χ4n) is 1.92. The lowest BCUT2D eigenvalue weighted by atomic mass is 10.1. The van der Waals surface area contributed by atoms with Gasteiger partial charge in [0.15, 0.2) is 5.17 Å². The lowest BCUT2D eigenvalue weighted by Gasteiger charge is -2.08. The van der Waals surface area contributed by atoms with Crippen LogP contribution in [0.4, 0.5) is 0 Å². The molecule has 0 fully saturated rings. The van der Waals surface area contributed by atoms with Crippen LogP contribution in [0.3, 0.4) is 0 Å². The highest BCUT2D eigenvalue weighted by Gasteiger charge is 2.28. The first-order chi connectivity index (χ1) is 8.33. The normalized spacial score (nSPS) is 22.1. The summed E-state index contributed by atoms with van der Waals surface area (Å²) in [6.07, 6.45) is 0.824. The molecule has 3 rings (SSSR count). The first-order valence-corrected chi connectivity index (χ1v) is 7.42. The largest absolute Gasteiger partial charge is 0.304 e. The van der Waals surface area contributed by atoms with E-state index in [2.05, 4.69) is 22.4 Å². The third-order valence-corrected chi connectivity index (χ3v) is 4.96. The molecule has 17 heavy (non-hydrogen) atoms. The first kappa shape index (κ1) is 11.2. The molecule has 1 unspecified atom stereocenters. The second-order valence-corrected chi connectivity index (χ2v) is 6.27. The number of hydrogen-bond donors (Lipinski definition) is 1. The van der Waals surface area contributed by atoms with Crippen molar-refractivity contribution in [2.75, 3.05) is 12.3 Å². The summed E-state index contributed by atoms with van der Waals surface area (Å²) in [6.45, 7) is 0.818. The van der Waals surface area contributed by atoms with Crippen molar-refractivity contribution in [3.05, 3.63) is 29.8 Å². The number of carbonyl (C=O) groups is 1. The van der Waals surface area contributed by atoms with Gasteiger partial charge in [-0.25, -0.2) is 0 Å². The van der Waals surface area contributed by atoms with E-state index < -0.39 is 0 Å². The van der Waals surface area contributed by atoms with Crippen molar-refractivity contribution in [3.63, 3.8) is 0 Å². The Kier molecular flexibility index (Phi) is 3.11. The van der Waals surface area contributed by atoms with Crippen LogP contribution in [0.25, 0.3) is 0 Å². The van der Waals surface area contributed by atoms with E-state index in [4.69, 9.17) is 0 Å². The van der Waals surface area contributed by atoms with Crippen LogP contribution >= 0.6 is 23.5 Å². The molecule has 0 radical (unpaired) electrons. The molecule has 0 aromatic heterocycles. The van der Waals surface area contributed by atoms with Crippen LogP contribution in [0, 0.1) is 0 Å². The molecule has 0 bridgehead atoms. The number of nitrogens with one attached hydrogen (secondary N) is 1. The fourth-order valence-corrected chi connectivity index (χ4v) is 3.85. The molecule has 5 heteroatoms. The molecule has 0 saturated heterocycles. The zero-order chi connectivity index (χ0) is 11.7. The number of carbonyl (C=O) groups excluding carboxylic acids is 1. The number of fused-ring (bicyclic) bond motifs is 1. The SMILES string of the molecule is O=C(NC1=NCCS1)C1Cc2ccccc2S1. The van der Waals surface area contributed by atoms with Gasteiger partial charge in [-0.1, -0.05) is 30.0 Å². The van der Waals surface area contributed by atoms with Crippen LogP contribution in [0.1, 0.15) is 5.56 Å². The Morgan fingerprint density at radius 1 is 1.41 bits per heavy atom. The van der Waals surface area contributed by atoms with Gasteiger partial charge in [0, 0.05) is 10.6 Å². The van der Waals surface area contributed by atoms with E-state index in [-0.39, 0.29) is 11.2 Å². The van der Waals surface area contributed by atoms with Crippen molar-refractivity contribution in [2.24, 2.45) is 4.99 Å². The summed E-state index contributed by atoms with van der Waals surface area (Å²) < 4.78 is 0. The summed E-state index contributed by atoms with van der Waals surface area (Å²) in [5.74, 6) is 1.06. The average Bonchev–Trinajstić information content (AvgIpc) is 2.96. The molecule has 0 saturated carbocycles. The Morgan fingerprint density at radius 2 is 2.29 bits per heavy atom. The molecule has 1 aromatic rings. The topological polar surface area (TPSA) is 41.5 Å². The highest BCUT2D eigenvalue weighted by Crippen LogP contribution is 2.36. The van der Waals surface area contributed by atoms with Crippen molar-refractivity contribution in [1.29, 1.82) is 0 Å². The molecule has 1 amide bonds. The Hall–Kier alpha value is -0.940. The minimum Gasteiger partial charge on any atom is -0.304 e. The third-order valence-electron chi connectivity index (χ3n) is 2.76. The summed E-state index contributed by atoms with van der Waals surface area (Å²) in [5.41, 5.74) is 1.28. The van der Waals surface area contributed by atoms with Crippen LogP contribution in [0.5, 0.6) is 0 Å². The predicted octanol–water partition coefficient (Wildman–Crippen LogP) is 1.92. The Morgan fingerprint density at radius 3 is 3.06 bits per heavy atom. The number of aliphatic imine (C=N–C) groups is 1. The quantitative estimate of drug-likeness (QED) is 0.842. The Balaban J connectivity index is 1.66. The van der Waals surface area contributed by atoms with Gasteiger partial charge in [-0.05, 0) is 18.1 Å². The first-order valence-electron chi connectivity index (χ1n) is 5.55. The van der Waals surface area contributed by atoms with E-state index in [1.54, 1.807) is 23.5 Å². The summed E-state index contributed by atoms with van der Waals surface area (Å²) in [6, 6.07) is 8.21. The smallest absolute Gasteiger partial charge is 0.239 e. The van der Waals surface area contributed by atoms with E-state index in [9.17, 15) is 4.79 Å². The standard InChI is InChI=1S/C12H12N2OS2/c15-11(14-12-13-5-6-16-12)10-7-8-3-1-2-4-9(8)17-10/h1-4,10H,5-7H2,(H,13,14,15). The Bertz CT molecular complexity index is 462. The summed E-state index contributed by atoms with van der Waals surface area (Å²) in [7, 11) is 0.